The quantitative estimate of drug-likeness (QED) is 0.454. The van der Waals surface area contributed by atoms with E-state index < -0.39 is 0 Å². The van der Waals surface area contributed by atoms with Crippen molar-refractivity contribution in [3.8, 4) is 5.69 Å². The van der Waals surface area contributed by atoms with Crippen LogP contribution in [0, 0.1) is 5.82 Å². The maximum atomic E-state index is 13.5. The second-order valence-corrected chi connectivity index (χ2v) is 9.51. The molecule has 0 aliphatic heterocycles. The predicted molar refractivity (Wildman–Crippen MR) is 123 cm³/mol. The molecule has 8 heteroatoms. The minimum absolute atomic E-state index is 0.000182. The Morgan fingerprint density at radius 3 is 2.61 bits per heavy atom. The molecular weight excluding hydrogens is 413 g/mol. The number of halogens is 1. The van der Waals surface area contributed by atoms with Crippen LogP contribution >= 0.6 is 11.8 Å². The van der Waals surface area contributed by atoms with Crippen LogP contribution in [-0.2, 0) is 4.79 Å². The maximum absolute atomic E-state index is 13.5. The number of carbonyl (C=O) groups excluding carboxylic acids is 1. The van der Waals surface area contributed by atoms with Gasteiger partial charge in [0, 0.05) is 12.2 Å². The van der Waals surface area contributed by atoms with Gasteiger partial charge in [-0.1, -0.05) is 23.4 Å². The number of hydrogen-bond donors (Lipinski definition) is 1. The number of thioether (sulfide) groups is 1. The molecule has 2 aromatic rings. The van der Waals surface area contributed by atoms with E-state index >= 15 is 0 Å². The van der Waals surface area contributed by atoms with Gasteiger partial charge >= 0.3 is 0 Å². The first-order valence-electron chi connectivity index (χ1n) is 10.9. The average Bonchev–Trinajstić information content (AvgIpc) is 3.17. The van der Waals surface area contributed by atoms with Crippen LogP contribution in [0.2, 0.25) is 0 Å². The fourth-order valence-corrected chi connectivity index (χ4v) is 4.42. The van der Waals surface area contributed by atoms with Gasteiger partial charge < -0.3 is 5.32 Å². The van der Waals surface area contributed by atoms with Crippen LogP contribution in [-0.4, -0.2) is 51.5 Å². The summed E-state index contributed by atoms with van der Waals surface area (Å²) in [5.74, 6) is 0.433. The molecule has 6 nitrogen and oxygen atoms in total. The van der Waals surface area contributed by atoms with Gasteiger partial charge in [-0.3, -0.25) is 14.3 Å². The largest absolute Gasteiger partial charge is 0.355 e. The molecule has 1 aromatic heterocycles. The molecule has 0 bridgehead atoms. The second kappa shape index (κ2) is 10.9. The number of nitrogens with zero attached hydrogens (tertiary/aromatic N) is 4. The fraction of sp³-hybridized carbons (Fsp3) is 0.522. The predicted octanol–water partition coefficient (Wildman–Crippen LogP) is 4.52. The summed E-state index contributed by atoms with van der Waals surface area (Å²) >= 11 is 1.36. The van der Waals surface area contributed by atoms with E-state index in [0.29, 0.717) is 11.7 Å². The van der Waals surface area contributed by atoms with E-state index in [1.54, 1.807) is 12.1 Å². The third-order valence-electron chi connectivity index (χ3n) is 5.67. The van der Waals surface area contributed by atoms with Gasteiger partial charge in [0.05, 0.1) is 11.3 Å². The molecule has 2 atom stereocenters. The summed E-state index contributed by atoms with van der Waals surface area (Å²) in [5, 5.41) is 12.1. The molecule has 0 spiro atoms. The van der Waals surface area contributed by atoms with Crippen molar-refractivity contribution in [2.45, 2.75) is 62.4 Å². The van der Waals surface area contributed by atoms with Gasteiger partial charge in [-0.2, -0.15) is 0 Å². The number of carbonyl (C=O) groups is 1. The number of aromatic nitrogens is 3. The minimum Gasteiger partial charge on any atom is -0.355 e. The third kappa shape index (κ3) is 6.17. The van der Waals surface area contributed by atoms with Crippen LogP contribution in [0.15, 0.2) is 41.1 Å². The van der Waals surface area contributed by atoms with Crippen molar-refractivity contribution in [3.05, 3.63) is 47.6 Å². The molecule has 0 fully saturated rings. The van der Waals surface area contributed by atoms with Crippen molar-refractivity contribution in [1.29, 1.82) is 0 Å². The van der Waals surface area contributed by atoms with E-state index in [0.717, 1.165) is 30.8 Å². The van der Waals surface area contributed by atoms with E-state index in [1.165, 1.54) is 42.3 Å². The lowest BCUT2D eigenvalue weighted by atomic mass is 9.97. The summed E-state index contributed by atoms with van der Waals surface area (Å²) in [5.41, 5.74) is 2.22. The highest BCUT2D eigenvalue weighted by atomic mass is 32.2. The number of allylic oxidation sites excluding steroid dienone is 1. The third-order valence-corrected chi connectivity index (χ3v) is 6.72. The van der Waals surface area contributed by atoms with Crippen molar-refractivity contribution in [2.75, 3.05) is 20.6 Å². The first-order valence-corrected chi connectivity index (χ1v) is 11.7. The number of benzene rings is 1. The van der Waals surface area contributed by atoms with Gasteiger partial charge in [-0.05, 0) is 84.3 Å². The van der Waals surface area contributed by atoms with E-state index in [1.807, 2.05) is 37.4 Å². The maximum Gasteiger partial charge on any atom is 0.233 e. The molecule has 3 rings (SSSR count). The Labute approximate surface area is 188 Å². The van der Waals surface area contributed by atoms with E-state index in [2.05, 4.69) is 21.6 Å². The molecule has 1 N–H and O–H groups in total. The van der Waals surface area contributed by atoms with Gasteiger partial charge in [-0.15, -0.1) is 10.2 Å². The minimum atomic E-state index is -0.328. The monoisotopic (exact) mass is 445 g/mol. The van der Waals surface area contributed by atoms with Gasteiger partial charge in [-0.25, -0.2) is 4.39 Å². The fourth-order valence-electron chi connectivity index (χ4n) is 3.53. The van der Waals surface area contributed by atoms with Crippen LogP contribution in [0.25, 0.3) is 5.69 Å². The number of hydrogen-bond acceptors (Lipinski definition) is 5. The zero-order chi connectivity index (χ0) is 22.4. The Bertz CT molecular complexity index is 909. The Morgan fingerprint density at radius 1 is 1.23 bits per heavy atom. The summed E-state index contributed by atoms with van der Waals surface area (Å²) in [4.78, 5) is 14.7. The first-order chi connectivity index (χ1) is 14.9. The van der Waals surface area contributed by atoms with E-state index in [9.17, 15) is 9.18 Å². The van der Waals surface area contributed by atoms with Crippen LogP contribution in [0.1, 0.15) is 57.8 Å². The molecular formula is C23H32FN5OS. The molecule has 1 amide bonds. The number of amides is 1. The summed E-state index contributed by atoms with van der Waals surface area (Å²) in [6.07, 6.45) is 8.05. The molecule has 0 unspecified atom stereocenters. The Kier molecular flexibility index (Phi) is 8.26. The molecule has 168 valence electrons. The Morgan fingerprint density at radius 2 is 1.97 bits per heavy atom. The topological polar surface area (TPSA) is 63.1 Å². The lowest BCUT2D eigenvalue weighted by molar-refractivity contribution is -0.120. The summed E-state index contributed by atoms with van der Waals surface area (Å²) < 4.78 is 15.4. The SMILES string of the molecule is C[C@H](Sc1nnc([C@H](C)N(C)C)n1-c1ccc(F)cc1)C(=O)NCCC1=CCCCC1. The lowest BCUT2D eigenvalue weighted by Crippen LogP contribution is -2.32. The van der Waals surface area contributed by atoms with E-state index in [4.69, 9.17) is 0 Å². The zero-order valence-electron chi connectivity index (χ0n) is 18.8. The number of nitrogens with one attached hydrogen (secondary N) is 1. The van der Waals surface area contributed by atoms with Crippen molar-refractivity contribution >= 4 is 17.7 Å². The van der Waals surface area contributed by atoms with Gasteiger partial charge in [0.2, 0.25) is 5.91 Å². The molecule has 0 saturated carbocycles. The van der Waals surface area contributed by atoms with E-state index in [-0.39, 0.29) is 23.0 Å². The molecule has 1 heterocycles. The molecule has 1 aliphatic carbocycles. The van der Waals surface area contributed by atoms with Crippen molar-refractivity contribution < 1.29 is 9.18 Å². The highest BCUT2D eigenvalue weighted by Crippen LogP contribution is 2.29. The molecule has 31 heavy (non-hydrogen) atoms. The zero-order valence-corrected chi connectivity index (χ0v) is 19.6. The van der Waals surface area contributed by atoms with Crippen LogP contribution in [0.3, 0.4) is 0 Å². The van der Waals surface area contributed by atoms with Crippen molar-refractivity contribution in [2.24, 2.45) is 0 Å². The van der Waals surface area contributed by atoms with Gasteiger partial charge in [0.25, 0.3) is 0 Å². The summed E-state index contributed by atoms with van der Waals surface area (Å²) in [6, 6.07) is 6.25. The van der Waals surface area contributed by atoms with Crippen molar-refractivity contribution in [3.63, 3.8) is 0 Å². The molecule has 0 radical (unpaired) electrons. The average molecular weight is 446 g/mol. The summed E-state index contributed by atoms with van der Waals surface area (Å²) in [6.45, 7) is 4.57. The molecule has 0 saturated heterocycles. The second-order valence-electron chi connectivity index (χ2n) is 8.20. The number of rotatable bonds is 9. The normalized spacial score (nSPS) is 16.1. The smallest absolute Gasteiger partial charge is 0.233 e. The van der Waals surface area contributed by atoms with Gasteiger partial charge in [0.15, 0.2) is 11.0 Å². The van der Waals surface area contributed by atoms with Crippen LogP contribution < -0.4 is 5.32 Å². The van der Waals surface area contributed by atoms with Crippen molar-refractivity contribution in [1.82, 2.24) is 25.0 Å². The molecule has 1 aliphatic rings. The molecule has 1 aromatic carbocycles. The Hall–Kier alpha value is -2.19. The first kappa shape index (κ1) is 23.5. The van der Waals surface area contributed by atoms with Crippen LogP contribution in [0.5, 0.6) is 0 Å². The lowest BCUT2D eigenvalue weighted by Gasteiger charge is -2.21. The standard InChI is InChI=1S/C23H32FN5OS/c1-16(28(3)4)21-26-27-23(29(21)20-12-10-19(24)11-13-20)31-17(2)22(30)25-15-14-18-8-6-5-7-9-18/h8,10-13,16-17H,5-7,9,14-15H2,1-4H3,(H,25,30)/t16-,17-/m0/s1. The summed E-state index contributed by atoms with van der Waals surface area (Å²) in [7, 11) is 3.94. The van der Waals surface area contributed by atoms with Crippen LogP contribution in [0.4, 0.5) is 4.39 Å². The highest BCUT2D eigenvalue weighted by Gasteiger charge is 2.24. The van der Waals surface area contributed by atoms with Gasteiger partial charge in [0.1, 0.15) is 5.82 Å². The highest BCUT2D eigenvalue weighted by molar-refractivity contribution is 8.00. The Balaban J connectivity index is 1.71.